The van der Waals surface area contributed by atoms with Gasteiger partial charge in [-0.05, 0) is 30.7 Å². The van der Waals surface area contributed by atoms with E-state index in [0.717, 1.165) is 5.56 Å². The molecule has 126 valence electrons. The van der Waals surface area contributed by atoms with Gasteiger partial charge in [0.1, 0.15) is 5.82 Å². The smallest absolute Gasteiger partial charge is 0.234 e. The topological polar surface area (TPSA) is 58.2 Å². The lowest BCUT2D eigenvalue weighted by molar-refractivity contribution is -0.114. The van der Waals surface area contributed by atoms with Crippen molar-refractivity contribution in [1.82, 2.24) is 0 Å². The summed E-state index contributed by atoms with van der Waals surface area (Å²) in [5.41, 5.74) is 2.81. The molecule has 0 atom stereocenters. The molecule has 0 saturated heterocycles. The van der Waals surface area contributed by atoms with Crippen LogP contribution in [0.15, 0.2) is 42.5 Å². The average Bonchev–Trinajstić information content (AvgIpc) is 2.50. The summed E-state index contributed by atoms with van der Waals surface area (Å²) in [6.45, 7) is 3.38. The third kappa shape index (κ3) is 5.70. The molecule has 2 aromatic rings. The molecule has 0 radical (unpaired) electrons. The number of hydrogen-bond donors (Lipinski definition) is 2. The van der Waals surface area contributed by atoms with Crippen LogP contribution in [-0.4, -0.2) is 17.6 Å². The lowest BCUT2D eigenvalue weighted by atomic mass is 10.2. The number of rotatable bonds is 6. The van der Waals surface area contributed by atoms with E-state index in [1.54, 1.807) is 0 Å². The van der Waals surface area contributed by atoms with Gasteiger partial charge in [0.05, 0.1) is 11.4 Å². The number of benzene rings is 2. The van der Waals surface area contributed by atoms with E-state index in [2.05, 4.69) is 16.7 Å². The minimum atomic E-state index is -0.541. The molecule has 2 aromatic carbocycles. The average molecular weight is 346 g/mol. The highest BCUT2D eigenvalue weighted by atomic mass is 32.2. The third-order valence-electron chi connectivity index (χ3n) is 3.15. The molecule has 0 aromatic heterocycles. The maximum atomic E-state index is 13.8. The van der Waals surface area contributed by atoms with Gasteiger partial charge in [-0.25, -0.2) is 4.39 Å². The van der Waals surface area contributed by atoms with Gasteiger partial charge in [-0.2, -0.15) is 0 Å². The van der Waals surface area contributed by atoms with Crippen LogP contribution >= 0.6 is 11.8 Å². The summed E-state index contributed by atoms with van der Waals surface area (Å²) in [6, 6.07) is 12.1. The second-order valence-electron chi connectivity index (χ2n) is 5.41. The number of thioether (sulfide) groups is 1. The van der Waals surface area contributed by atoms with Gasteiger partial charge in [-0.15, -0.1) is 11.8 Å². The Morgan fingerprint density at radius 3 is 2.62 bits per heavy atom. The van der Waals surface area contributed by atoms with Crippen LogP contribution in [0.3, 0.4) is 0 Å². The largest absolute Gasteiger partial charge is 0.326 e. The summed E-state index contributed by atoms with van der Waals surface area (Å²) in [5.74, 6) is -0.151. The molecule has 24 heavy (non-hydrogen) atoms. The van der Waals surface area contributed by atoms with Crippen molar-refractivity contribution in [2.45, 2.75) is 19.6 Å². The minimum Gasteiger partial charge on any atom is -0.326 e. The fourth-order valence-electron chi connectivity index (χ4n) is 2.15. The molecule has 2 rings (SSSR count). The first kappa shape index (κ1) is 18.0. The van der Waals surface area contributed by atoms with Crippen LogP contribution in [0.1, 0.15) is 18.1 Å². The first-order valence-corrected chi connectivity index (χ1v) is 8.60. The van der Waals surface area contributed by atoms with Gasteiger partial charge >= 0.3 is 0 Å². The van der Waals surface area contributed by atoms with Crippen molar-refractivity contribution < 1.29 is 14.0 Å². The molecule has 0 aliphatic heterocycles. The van der Waals surface area contributed by atoms with Crippen molar-refractivity contribution >= 4 is 35.0 Å². The first-order valence-electron chi connectivity index (χ1n) is 7.44. The summed E-state index contributed by atoms with van der Waals surface area (Å²) in [5, 5.41) is 5.09. The normalized spacial score (nSPS) is 10.3. The van der Waals surface area contributed by atoms with Gasteiger partial charge in [0, 0.05) is 18.4 Å². The van der Waals surface area contributed by atoms with Gasteiger partial charge in [0.15, 0.2) is 0 Å². The predicted molar refractivity (Wildman–Crippen MR) is 96.7 cm³/mol. The summed E-state index contributed by atoms with van der Waals surface area (Å²) in [7, 11) is 0. The number of aryl methyl sites for hydroxylation is 1. The Kier molecular flexibility index (Phi) is 6.37. The van der Waals surface area contributed by atoms with Crippen LogP contribution in [-0.2, 0) is 15.3 Å². The van der Waals surface area contributed by atoms with E-state index >= 15 is 0 Å². The van der Waals surface area contributed by atoms with Crippen LogP contribution in [0, 0.1) is 12.7 Å². The molecule has 0 bridgehead atoms. The number of anilines is 2. The van der Waals surface area contributed by atoms with Gasteiger partial charge in [-0.1, -0.05) is 29.8 Å². The molecular weight excluding hydrogens is 327 g/mol. The van der Waals surface area contributed by atoms with Crippen molar-refractivity contribution in [2.75, 3.05) is 16.4 Å². The number of hydrogen-bond acceptors (Lipinski definition) is 3. The zero-order chi connectivity index (χ0) is 17.5. The van der Waals surface area contributed by atoms with Crippen molar-refractivity contribution in [3.8, 4) is 0 Å². The Bertz CT molecular complexity index is 750. The van der Waals surface area contributed by atoms with Crippen LogP contribution in [0.2, 0.25) is 0 Å². The zero-order valence-electron chi connectivity index (χ0n) is 13.6. The zero-order valence-corrected chi connectivity index (χ0v) is 14.4. The molecule has 0 fully saturated rings. The highest BCUT2D eigenvalue weighted by Crippen LogP contribution is 2.20. The Morgan fingerprint density at radius 2 is 1.92 bits per heavy atom. The summed E-state index contributed by atoms with van der Waals surface area (Å²) in [4.78, 5) is 23.0. The van der Waals surface area contributed by atoms with E-state index in [1.165, 1.54) is 42.4 Å². The standard InChI is InChI=1S/C18H19FN2O2S/c1-12-4-3-5-14(8-12)10-24-11-18(23)21-17-9-15(20-13(2)22)6-7-16(17)19/h3-9H,10-11H2,1-2H3,(H,20,22)(H,21,23). The lowest BCUT2D eigenvalue weighted by Crippen LogP contribution is -2.16. The van der Waals surface area contributed by atoms with Gasteiger partial charge in [0.25, 0.3) is 0 Å². The highest BCUT2D eigenvalue weighted by Gasteiger charge is 2.09. The van der Waals surface area contributed by atoms with Crippen molar-refractivity contribution in [1.29, 1.82) is 0 Å². The maximum Gasteiger partial charge on any atom is 0.234 e. The Hall–Kier alpha value is -2.34. The molecule has 0 heterocycles. The second kappa shape index (κ2) is 8.49. The highest BCUT2D eigenvalue weighted by molar-refractivity contribution is 7.99. The van der Waals surface area contributed by atoms with Crippen LogP contribution in [0.4, 0.5) is 15.8 Å². The second-order valence-corrected chi connectivity index (χ2v) is 6.39. The van der Waals surface area contributed by atoms with Crippen molar-refractivity contribution in [3.63, 3.8) is 0 Å². The maximum absolute atomic E-state index is 13.8. The third-order valence-corrected chi connectivity index (χ3v) is 4.15. The van der Waals surface area contributed by atoms with E-state index < -0.39 is 5.82 Å². The lowest BCUT2D eigenvalue weighted by Gasteiger charge is -2.09. The number of carbonyl (C=O) groups is 2. The fourth-order valence-corrected chi connectivity index (χ4v) is 2.93. The van der Waals surface area contributed by atoms with E-state index in [0.29, 0.717) is 11.4 Å². The fraction of sp³-hybridized carbons (Fsp3) is 0.222. The van der Waals surface area contributed by atoms with Gasteiger partial charge in [0.2, 0.25) is 11.8 Å². The van der Waals surface area contributed by atoms with E-state index in [9.17, 15) is 14.0 Å². The Morgan fingerprint density at radius 1 is 1.12 bits per heavy atom. The summed E-state index contributed by atoms with van der Waals surface area (Å²) >= 11 is 1.46. The minimum absolute atomic E-state index is 0.0578. The van der Waals surface area contributed by atoms with Crippen LogP contribution < -0.4 is 10.6 Å². The molecule has 0 spiro atoms. The molecule has 0 saturated carbocycles. The quantitative estimate of drug-likeness (QED) is 0.832. The number of amides is 2. The SMILES string of the molecule is CC(=O)Nc1ccc(F)c(NC(=O)CSCc2cccc(C)c2)c1. The summed E-state index contributed by atoms with van der Waals surface area (Å²) < 4.78 is 13.8. The first-order chi connectivity index (χ1) is 11.4. The van der Waals surface area contributed by atoms with E-state index in [-0.39, 0.29) is 23.3 Å². The van der Waals surface area contributed by atoms with Crippen LogP contribution in [0.25, 0.3) is 0 Å². The number of carbonyl (C=O) groups excluding carboxylic acids is 2. The molecule has 0 aliphatic carbocycles. The molecular formula is C18H19FN2O2S. The van der Waals surface area contributed by atoms with Gasteiger partial charge < -0.3 is 10.6 Å². The molecule has 2 amide bonds. The van der Waals surface area contributed by atoms with E-state index in [1.807, 2.05) is 25.1 Å². The van der Waals surface area contributed by atoms with Crippen molar-refractivity contribution in [2.24, 2.45) is 0 Å². The molecule has 0 aliphatic rings. The van der Waals surface area contributed by atoms with Gasteiger partial charge in [-0.3, -0.25) is 9.59 Å². The summed E-state index contributed by atoms with van der Waals surface area (Å²) in [6.07, 6.45) is 0. The predicted octanol–water partition coefficient (Wildman–Crippen LogP) is 3.96. The number of nitrogens with one attached hydrogen (secondary N) is 2. The Labute approximate surface area is 144 Å². The molecule has 6 heteroatoms. The van der Waals surface area contributed by atoms with Crippen LogP contribution in [0.5, 0.6) is 0 Å². The van der Waals surface area contributed by atoms with Crippen molar-refractivity contribution in [3.05, 3.63) is 59.4 Å². The molecule has 4 nitrogen and oxygen atoms in total. The van der Waals surface area contributed by atoms with E-state index in [4.69, 9.17) is 0 Å². The number of halogens is 1. The monoisotopic (exact) mass is 346 g/mol. The Balaban J connectivity index is 1.88. The molecule has 0 unspecified atom stereocenters. The molecule has 2 N–H and O–H groups in total.